The highest BCUT2D eigenvalue weighted by Gasteiger charge is 2.25. The monoisotopic (exact) mass is 234 g/mol. The average molecular weight is 234 g/mol. The largest absolute Gasteiger partial charge is 0.391 e. The van der Waals surface area contributed by atoms with Crippen molar-refractivity contribution in [3.05, 3.63) is 35.4 Å². The summed E-state index contributed by atoms with van der Waals surface area (Å²) in [5.74, 6) is 0.000390. The molecule has 4 nitrogen and oxygen atoms in total. The molecular weight excluding hydrogens is 216 g/mol. The average Bonchev–Trinajstić information content (AvgIpc) is 2.76. The summed E-state index contributed by atoms with van der Waals surface area (Å²) in [6.07, 6.45) is 1.09. The van der Waals surface area contributed by atoms with Crippen molar-refractivity contribution in [1.82, 2.24) is 4.90 Å². The minimum atomic E-state index is -0.369. The molecule has 0 unspecified atom stereocenters. The predicted molar refractivity (Wildman–Crippen MR) is 65.7 cm³/mol. The third kappa shape index (κ3) is 2.84. The Hall–Kier alpha value is -1.39. The van der Waals surface area contributed by atoms with E-state index >= 15 is 0 Å². The zero-order chi connectivity index (χ0) is 12.3. The normalized spacial score (nSPS) is 19.6. The van der Waals surface area contributed by atoms with Crippen LogP contribution in [0, 0.1) is 0 Å². The molecule has 0 bridgehead atoms. The number of likely N-dealkylation sites (tertiary alicyclic amines) is 1. The maximum Gasteiger partial charge on any atom is 0.253 e. The van der Waals surface area contributed by atoms with Gasteiger partial charge in [-0.3, -0.25) is 4.79 Å². The van der Waals surface area contributed by atoms with Gasteiger partial charge in [0.05, 0.1) is 6.10 Å². The van der Waals surface area contributed by atoms with E-state index in [-0.39, 0.29) is 12.0 Å². The van der Waals surface area contributed by atoms with Crippen LogP contribution in [0.5, 0.6) is 0 Å². The fourth-order valence-corrected chi connectivity index (χ4v) is 2.14. The Morgan fingerprint density at radius 2 is 2.35 bits per heavy atom. The fourth-order valence-electron chi connectivity index (χ4n) is 2.14. The van der Waals surface area contributed by atoms with Crippen molar-refractivity contribution in [1.29, 1.82) is 0 Å². The summed E-state index contributed by atoms with van der Waals surface area (Å²) < 4.78 is 0. The maximum absolute atomic E-state index is 12.1. The zero-order valence-electron chi connectivity index (χ0n) is 9.80. The highest BCUT2D eigenvalue weighted by molar-refractivity contribution is 5.94. The fraction of sp³-hybridized carbons (Fsp3) is 0.462. The van der Waals surface area contributed by atoms with Gasteiger partial charge in [-0.25, -0.2) is 0 Å². The molecule has 0 radical (unpaired) electrons. The van der Waals surface area contributed by atoms with Crippen LogP contribution in [0.1, 0.15) is 22.3 Å². The van der Waals surface area contributed by atoms with Crippen molar-refractivity contribution in [2.45, 2.75) is 18.9 Å². The van der Waals surface area contributed by atoms with E-state index in [0.29, 0.717) is 31.6 Å². The number of carbonyl (C=O) groups excluding carboxylic acids is 1. The molecule has 1 heterocycles. The Morgan fingerprint density at radius 1 is 1.53 bits per heavy atom. The van der Waals surface area contributed by atoms with Crippen molar-refractivity contribution in [2.75, 3.05) is 19.6 Å². The van der Waals surface area contributed by atoms with E-state index in [1.54, 1.807) is 4.90 Å². The summed E-state index contributed by atoms with van der Waals surface area (Å²) in [5, 5.41) is 9.42. The Kier molecular flexibility index (Phi) is 3.76. The Morgan fingerprint density at radius 3 is 3.00 bits per heavy atom. The van der Waals surface area contributed by atoms with Gasteiger partial charge in [0.15, 0.2) is 0 Å². The summed E-state index contributed by atoms with van der Waals surface area (Å²) >= 11 is 0. The van der Waals surface area contributed by atoms with Crippen LogP contribution in [0.25, 0.3) is 0 Å². The number of amides is 1. The molecule has 1 saturated heterocycles. The van der Waals surface area contributed by atoms with E-state index in [1.165, 1.54) is 0 Å². The predicted octanol–water partition coefficient (Wildman–Crippen LogP) is 0.395. The second-order valence-electron chi connectivity index (χ2n) is 4.43. The first-order valence-electron chi connectivity index (χ1n) is 5.97. The molecule has 0 aliphatic carbocycles. The minimum Gasteiger partial charge on any atom is -0.391 e. The molecule has 1 aliphatic rings. The van der Waals surface area contributed by atoms with Gasteiger partial charge < -0.3 is 15.7 Å². The number of hydrogen-bond acceptors (Lipinski definition) is 3. The van der Waals surface area contributed by atoms with E-state index in [9.17, 15) is 9.90 Å². The third-order valence-electron chi connectivity index (χ3n) is 3.06. The number of rotatable bonds is 3. The van der Waals surface area contributed by atoms with Crippen LogP contribution in [0.15, 0.2) is 24.3 Å². The third-order valence-corrected chi connectivity index (χ3v) is 3.06. The summed E-state index contributed by atoms with van der Waals surface area (Å²) in [7, 11) is 0. The van der Waals surface area contributed by atoms with Crippen molar-refractivity contribution in [3.8, 4) is 0 Å². The molecule has 2 rings (SSSR count). The van der Waals surface area contributed by atoms with Gasteiger partial charge in [-0.15, -0.1) is 0 Å². The summed E-state index contributed by atoms with van der Waals surface area (Å²) in [4.78, 5) is 13.8. The maximum atomic E-state index is 12.1. The number of hydrogen-bond donors (Lipinski definition) is 2. The van der Waals surface area contributed by atoms with Crippen molar-refractivity contribution in [3.63, 3.8) is 0 Å². The molecule has 1 atom stereocenters. The second-order valence-corrected chi connectivity index (χ2v) is 4.43. The van der Waals surface area contributed by atoms with E-state index in [0.717, 1.165) is 12.0 Å². The molecule has 1 fully saturated rings. The molecule has 0 saturated carbocycles. The molecule has 4 heteroatoms. The van der Waals surface area contributed by atoms with Gasteiger partial charge >= 0.3 is 0 Å². The van der Waals surface area contributed by atoms with Gasteiger partial charge in [0, 0.05) is 18.7 Å². The molecule has 1 aliphatic heterocycles. The minimum absolute atomic E-state index is 0.000390. The smallest absolute Gasteiger partial charge is 0.253 e. The highest BCUT2D eigenvalue weighted by atomic mass is 16.3. The first kappa shape index (κ1) is 12.1. The van der Waals surface area contributed by atoms with Crippen LogP contribution in [0.2, 0.25) is 0 Å². The lowest BCUT2D eigenvalue weighted by Gasteiger charge is -2.15. The lowest BCUT2D eigenvalue weighted by molar-refractivity contribution is 0.0765. The Balaban J connectivity index is 2.10. The van der Waals surface area contributed by atoms with Crippen LogP contribution in [-0.2, 0) is 6.42 Å². The molecule has 3 N–H and O–H groups in total. The van der Waals surface area contributed by atoms with Crippen LogP contribution >= 0.6 is 0 Å². The highest BCUT2D eigenvalue weighted by Crippen LogP contribution is 2.14. The van der Waals surface area contributed by atoms with E-state index in [4.69, 9.17) is 5.73 Å². The molecule has 1 aromatic rings. The molecule has 92 valence electrons. The van der Waals surface area contributed by atoms with E-state index in [1.807, 2.05) is 24.3 Å². The van der Waals surface area contributed by atoms with E-state index < -0.39 is 0 Å². The number of nitrogens with two attached hydrogens (primary N) is 1. The molecular formula is C13H18N2O2. The first-order valence-corrected chi connectivity index (χ1v) is 5.97. The number of nitrogens with zero attached hydrogens (tertiary/aromatic N) is 1. The van der Waals surface area contributed by atoms with Gasteiger partial charge in [-0.05, 0) is 37.1 Å². The summed E-state index contributed by atoms with van der Waals surface area (Å²) in [6.45, 7) is 1.67. The molecule has 0 aromatic heterocycles. The summed E-state index contributed by atoms with van der Waals surface area (Å²) in [6, 6.07) is 7.56. The van der Waals surface area contributed by atoms with Crippen molar-refractivity contribution in [2.24, 2.45) is 5.73 Å². The molecule has 1 aromatic carbocycles. The number of aliphatic hydroxyl groups excluding tert-OH is 1. The lowest BCUT2D eigenvalue weighted by Crippen LogP contribution is -2.29. The van der Waals surface area contributed by atoms with Crippen LogP contribution in [0.4, 0.5) is 0 Å². The zero-order valence-corrected chi connectivity index (χ0v) is 9.80. The number of β-amino-alcohol motifs (C(OH)–C–C–N with tert-alkyl or cyclic N) is 1. The van der Waals surface area contributed by atoms with Gasteiger partial charge in [0.1, 0.15) is 0 Å². The van der Waals surface area contributed by atoms with Gasteiger partial charge in [0.2, 0.25) is 0 Å². The first-order chi connectivity index (χ1) is 8.20. The van der Waals surface area contributed by atoms with Gasteiger partial charge in [-0.2, -0.15) is 0 Å². The van der Waals surface area contributed by atoms with Crippen LogP contribution < -0.4 is 5.73 Å². The Bertz CT molecular complexity index is 406. The number of benzene rings is 1. The van der Waals surface area contributed by atoms with Gasteiger partial charge in [0.25, 0.3) is 5.91 Å². The van der Waals surface area contributed by atoms with E-state index in [2.05, 4.69) is 0 Å². The molecule has 17 heavy (non-hydrogen) atoms. The van der Waals surface area contributed by atoms with Gasteiger partial charge in [-0.1, -0.05) is 12.1 Å². The Labute approximate surface area is 101 Å². The molecule has 0 spiro atoms. The second kappa shape index (κ2) is 5.29. The quantitative estimate of drug-likeness (QED) is 0.795. The lowest BCUT2D eigenvalue weighted by atomic mass is 10.1. The topological polar surface area (TPSA) is 66.6 Å². The summed E-state index contributed by atoms with van der Waals surface area (Å²) in [5.41, 5.74) is 7.27. The number of aliphatic hydroxyl groups is 1. The molecule has 1 amide bonds. The van der Waals surface area contributed by atoms with Crippen LogP contribution in [0.3, 0.4) is 0 Å². The number of carbonyl (C=O) groups is 1. The van der Waals surface area contributed by atoms with Crippen molar-refractivity contribution >= 4 is 5.91 Å². The standard InChI is InChI=1S/C13H18N2O2/c14-6-4-10-2-1-3-11(8-10)13(17)15-7-5-12(16)9-15/h1-3,8,12,16H,4-7,9,14H2/t12-/m0/s1. The SMILES string of the molecule is NCCc1cccc(C(=O)N2CC[C@H](O)C2)c1. The van der Waals surface area contributed by atoms with Crippen molar-refractivity contribution < 1.29 is 9.90 Å². The van der Waals surface area contributed by atoms with Crippen LogP contribution in [-0.4, -0.2) is 41.7 Å².